The molecule has 0 heterocycles. The third-order valence-electron chi connectivity index (χ3n) is 2.07. The third kappa shape index (κ3) is 2.54. The van der Waals surface area contributed by atoms with Crippen molar-refractivity contribution in [3.8, 4) is 11.8 Å². The van der Waals surface area contributed by atoms with Gasteiger partial charge in [-0.05, 0) is 37.3 Å². The molecule has 1 aromatic carbocycles. The summed E-state index contributed by atoms with van der Waals surface area (Å²) in [5, 5.41) is 0. The lowest BCUT2D eigenvalue weighted by molar-refractivity contribution is 1.18. The Labute approximate surface area is 83.7 Å². The lowest BCUT2D eigenvalue weighted by Gasteiger charge is -1.95. The van der Waals surface area contributed by atoms with Gasteiger partial charge in [0.1, 0.15) is 0 Å². The summed E-state index contributed by atoms with van der Waals surface area (Å²) in [6.07, 6.45) is 4.69. The zero-order valence-electron chi connectivity index (χ0n) is 7.71. The first-order valence-electron chi connectivity index (χ1n) is 4.54. The lowest BCUT2D eigenvalue weighted by atomic mass is 10.2. The Morgan fingerprint density at radius 2 is 2.23 bits per heavy atom. The molecule has 0 atom stereocenters. The number of hydrogen-bond acceptors (Lipinski definition) is 1. The van der Waals surface area contributed by atoms with Crippen LogP contribution in [0.4, 0.5) is 0 Å². The van der Waals surface area contributed by atoms with Crippen molar-refractivity contribution in [2.75, 3.05) is 6.26 Å². The molecule has 13 heavy (non-hydrogen) atoms. The summed E-state index contributed by atoms with van der Waals surface area (Å²) in [4.78, 5) is 1.29. The molecular formula is C12H12S. The molecule has 0 spiro atoms. The van der Waals surface area contributed by atoms with Crippen LogP contribution < -0.4 is 0 Å². The first-order valence-corrected chi connectivity index (χ1v) is 5.76. The zero-order valence-corrected chi connectivity index (χ0v) is 8.53. The highest BCUT2D eigenvalue weighted by Gasteiger charge is 2.17. The molecular weight excluding hydrogens is 176 g/mol. The van der Waals surface area contributed by atoms with E-state index >= 15 is 0 Å². The second-order valence-electron chi connectivity index (χ2n) is 3.28. The summed E-state index contributed by atoms with van der Waals surface area (Å²) < 4.78 is 0. The fourth-order valence-corrected chi connectivity index (χ4v) is 1.57. The normalized spacial score (nSPS) is 14.8. The van der Waals surface area contributed by atoms with Crippen molar-refractivity contribution in [2.45, 2.75) is 17.7 Å². The van der Waals surface area contributed by atoms with Crippen molar-refractivity contribution >= 4 is 11.8 Å². The van der Waals surface area contributed by atoms with E-state index in [0.29, 0.717) is 5.92 Å². The van der Waals surface area contributed by atoms with Crippen molar-refractivity contribution in [3.05, 3.63) is 29.8 Å². The summed E-state index contributed by atoms with van der Waals surface area (Å²) in [6, 6.07) is 8.42. The van der Waals surface area contributed by atoms with E-state index in [1.54, 1.807) is 11.8 Å². The van der Waals surface area contributed by atoms with Gasteiger partial charge in [-0.25, -0.2) is 0 Å². The number of benzene rings is 1. The number of rotatable bonds is 1. The van der Waals surface area contributed by atoms with E-state index in [-0.39, 0.29) is 0 Å². The van der Waals surface area contributed by atoms with E-state index in [1.807, 2.05) is 0 Å². The second-order valence-corrected chi connectivity index (χ2v) is 4.16. The average Bonchev–Trinajstić information content (AvgIpc) is 2.99. The predicted octanol–water partition coefficient (Wildman–Crippen LogP) is 3.17. The molecule has 1 saturated carbocycles. The summed E-state index contributed by atoms with van der Waals surface area (Å²) in [5.41, 5.74) is 1.15. The molecule has 0 bridgehead atoms. The van der Waals surface area contributed by atoms with Gasteiger partial charge in [0.05, 0.1) is 0 Å². The molecule has 0 unspecified atom stereocenters. The van der Waals surface area contributed by atoms with Crippen LogP contribution in [0.3, 0.4) is 0 Å². The van der Waals surface area contributed by atoms with E-state index in [9.17, 15) is 0 Å². The van der Waals surface area contributed by atoms with Gasteiger partial charge in [0, 0.05) is 16.4 Å². The number of hydrogen-bond donors (Lipinski definition) is 0. The molecule has 0 saturated heterocycles. The first-order chi connectivity index (χ1) is 6.38. The smallest absolute Gasteiger partial charge is 0.0256 e. The van der Waals surface area contributed by atoms with Gasteiger partial charge in [-0.3, -0.25) is 0 Å². The molecule has 1 aliphatic carbocycles. The van der Waals surface area contributed by atoms with E-state index in [0.717, 1.165) is 5.56 Å². The molecule has 66 valence electrons. The Morgan fingerprint density at radius 3 is 2.92 bits per heavy atom. The summed E-state index contributed by atoms with van der Waals surface area (Å²) in [7, 11) is 0. The molecule has 0 radical (unpaired) electrons. The quantitative estimate of drug-likeness (QED) is 0.482. The monoisotopic (exact) mass is 188 g/mol. The van der Waals surface area contributed by atoms with Crippen molar-refractivity contribution in [1.29, 1.82) is 0 Å². The maximum atomic E-state index is 3.26. The largest absolute Gasteiger partial charge is 0.130 e. The minimum Gasteiger partial charge on any atom is -0.130 e. The van der Waals surface area contributed by atoms with Gasteiger partial charge in [0.15, 0.2) is 0 Å². The fourth-order valence-electron chi connectivity index (χ4n) is 1.11. The Hall–Kier alpha value is -0.870. The molecule has 1 heteroatoms. The van der Waals surface area contributed by atoms with Gasteiger partial charge in [-0.1, -0.05) is 17.9 Å². The molecule has 1 aliphatic rings. The summed E-state index contributed by atoms with van der Waals surface area (Å²) >= 11 is 1.77. The SMILES string of the molecule is CSc1cccc(C#CC2CC2)c1. The van der Waals surface area contributed by atoms with Crippen LogP contribution in [0.2, 0.25) is 0 Å². The lowest BCUT2D eigenvalue weighted by Crippen LogP contribution is -1.75. The topological polar surface area (TPSA) is 0 Å². The van der Waals surface area contributed by atoms with Gasteiger partial charge in [0.25, 0.3) is 0 Å². The highest BCUT2D eigenvalue weighted by molar-refractivity contribution is 7.98. The van der Waals surface area contributed by atoms with Gasteiger partial charge < -0.3 is 0 Å². The average molecular weight is 188 g/mol. The highest BCUT2D eigenvalue weighted by atomic mass is 32.2. The molecule has 0 aliphatic heterocycles. The van der Waals surface area contributed by atoms with Crippen molar-refractivity contribution in [3.63, 3.8) is 0 Å². The van der Waals surface area contributed by atoms with E-state index in [4.69, 9.17) is 0 Å². The third-order valence-corrected chi connectivity index (χ3v) is 2.79. The zero-order chi connectivity index (χ0) is 9.10. The van der Waals surface area contributed by atoms with E-state index in [2.05, 4.69) is 42.4 Å². The van der Waals surface area contributed by atoms with Crippen LogP contribution >= 0.6 is 11.8 Å². The van der Waals surface area contributed by atoms with Crippen LogP contribution in [0.15, 0.2) is 29.2 Å². The maximum Gasteiger partial charge on any atom is 0.0256 e. The predicted molar refractivity (Wildman–Crippen MR) is 57.8 cm³/mol. The van der Waals surface area contributed by atoms with Crippen molar-refractivity contribution in [1.82, 2.24) is 0 Å². The van der Waals surface area contributed by atoms with Crippen molar-refractivity contribution < 1.29 is 0 Å². The van der Waals surface area contributed by atoms with Crippen LogP contribution in [0.25, 0.3) is 0 Å². The Kier molecular flexibility index (Phi) is 2.61. The van der Waals surface area contributed by atoms with Gasteiger partial charge in [-0.2, -0.15) is 0 Å². The second kappa shape index (κ2) is 3.89. The standard InChI is InChI=1S/C12H12S/c1-13-12-4-2-3-11(9-12)8-7-10-5-6-10/h2-4,9-10H,5-6H2,1H3. The molecule has 0 aromatic heterocycles. The van der Waals surface area contributed by atoms with Crippen LogP contribution in [0.5, 0.6) is 0 Å². The van der Waals surface area contributed by atoms with Crippen molar-refractivity contribution in [2.24, 2.45) is 5.92 Å². The molecule has 2 rings (SSSR count). The summed E-state index contributed by atoms with van der Waals surface area (Å²) in [5.74, 6) is 7.18. The van der Waals surface area contributed by atoms with Crippen LogP contribution in [-0.4, -0.2) is 6.26 Å². The molecule has 0 N–H and O–H groups in total. The Balaban J connectivity index is 2.15. The maximum absolute atomic E-state index is 3.26. The van der Waals surface area contributed by atoms with Crippen LogP contribution in [0.1, 0.15) is 18.4 Å². The minimum atomic E-state index is 0.693. The molecule has 0 nitrogen and oxygen atoms in total. The van der Waals surface area contributed by atoms with E-state index < -0.39 is 0 Å². The highest BCUT2D eigenvalue weighted by Crippen LogP contribution is 2.27. The van der Waals surface area contributed by atoms with Gasteiger partial charge in [-0.15, -0.1) is 11.8 Å². The van der Waals surface area contributed by atoms with Gasteiger partial charge in [0.2, 0.25) is 0 Å². The molecule has 1 fully saturated rings. The first kappa shape index (κ1) is 8.72. The molecule has 0 amide bonds. The minimum absolute atomic E-state index is 0.693. The summed E-state index contributed by atoms with van der Waals surface area (Å²) in [6.45, 7) is 0. The van der Waals surface area contributed by atoms with Gasteiger partial charge >= 0.3 is 0 Å². The van der Waals surface area contributed by atoms with E-state index in [1.165, 1.54) is 17.7 Å². The fraction of sp³-hybridized carbons (Fsp3) is 0.333. The molecule has 1 aromatic rings. The number of thioether (sulfide) groups is 1. The Bertz CT molecular complexity index is 353. The van der Waals surface area contributed by atoms with Crippen LogP contribution in [-0.2, 0) is 0 Å². The van der Waals surface area contributed by atoms with Crippen LogP contribution in [0, 0.1) is 17.8 Å². The Morgan fingerprint density at radius 1 is 1.38 bits per heavy atom.